The van der Waals surface area contributed by atoms with Crippen LogP contribution < -0.4 is 15.5 Å². The van der Waals surface area contributed by atoms with E-state index in [4.69, 9.17) is 5.73 Å². The van der Waals surface area contributed by atoms with Crippen molar-refractivity contribution in [1.82, 2.24) is 4.98 Å². The van der Waals surface area contributed by atoms with Crippen LogP contribution in [0.5, 0.6) is 0 Å². The molecule has 2 aromatic rings. The van der Waals surface area contributed by atoms with Gasteiger partial charge in [-0.3, -0.25) is 0 Å². The number of nitrogens with zero attached hydrogens (tertiary/aromatic N) is 3. The maximum atomic E-state index is 6.18. The molecule has 0 spiro atoms. The minimum atomic E-state index is 0.908. The number of aryl methyl sites for hydroxylation is 1. The first-order valence-electron chi connectivity index (χ1n) is 6.50. The highest BCUT2D eigenvalue weighted by atomic mass is 32.1. The second-order valence-electron chi connectivity index (χ2n) is 4.80. The molecule has 1 aromatic carbocycles. The average molecular weight is 274 g/mol. The fraction of sp³-hybridized carbons (Fsp3) is 0.357. The summed E-state index contributed by atoms with van der Waals surface area (Å²) in [5.41, 5.74) is 9.40. The molecule has 1 aliphatic heterocycles. The van der Waals surface area contributed by atoms with Gasteiger partial charge in [-0.05, 0) is 18.6 Å². The van der Waals surface area contributed by atoms with Crippen LogP contribution in [0.15, 0.2) is 29.8 Å². The fourth-order valence-electron chi connectivity index (χ4n) is 2.45. The van der Waals surface area contributed by atoms with Crippen LogP contribution in [-0.4, -0.2) is 31.2 Å². The summed E-state index contributed by atoms with van der Waals surface area (Å²) in [4.78, 5) is 9.08. The maximum Gasteiger partial charge on any atom is 0.185 e. The Kier molecular flexibility index (Phi) is 3.29. The number of hydrogen-bond donors (Lipinski definition) is 1. The molecule has 0 amide bonds. The van der Waals surface area contributed by atoms with Gasteiger partial charge in [-0.25, -0.2) is 4.98 Å². The molecule has 2 N–H and O–H groups in total. The molecule has 100 valence electrons. The van der Waals surface area contributed by atoms with Gasteiger partial charge in [0.2, 0.25) is 0 Å². The van der Waals surface area contributed by atoms with Crippen molar-refractivity contribution in [2.45, 2.75) is 6.92 Å². The van der Waals surface area contributed by atoms with Crippen molar-refractivity contribution in [2.75, 3.05) is 41.7 Å². The lowest BCUT2D eigenvalue weighted by Gasteiger charge is -2.36. The lowest BCUT2D eigenvalue weighted by molar-refractivity contribution is 0.652. The minimum absolute atomic E-state index is 0.908. The van der Waals surface area contributed by atoms with Crippen LogP contribution >= 0.6 is 11.3 Å². The SMILES string of the molecule is Cc1cccc(N2CCN(c3nccs3)CC2)c1N. The van der Waals surface area contributed by atoms with E-state index in [1.165, 1.54) is 5.69 Å². The van der Waals surface area contributed by atoms with Crippen molar-refractivity contribution in [3.8, 4) is 0 Å². The molecule has 0 radical (unpaired) electrons. The summed E-state index contributed by atoms with van der Waals surface area (Å²) in [5.74, 6) is 0. The van der Waals surface area contributed by atoms with Crippen LogP contribution in [0.3, 0.4) is 0 Å². The number of hydrogen-bond acceptors (Lipinski definition) is 5. The van der Waals surface area contributed by atoms with E-state index in [0.717, 1.165) is 42.6 Å². The summed E-state index contributed by atoms with van der Waals surface area (Å²) in [5, 5.41) is 3.15. The van der Waals surface area contributed by atoms with Crippen molar-refractivity contribution in [2.24, 2.45) is 0 Å². The maximum absolute atomic E-state index is 6.18. The van der Waals surface area contributed by atoms with E-state index >= 15 is 0 Å². The Labute approximate surface area is 117 Å². The third kappa shape index (κ3) is 2.38. The van der Waals surface area contributed by atoms with Gasteiger partial charge in [-0.15, -0.1) is 11.3 Å². The van der Waals surface area contributed by atoms with E-state index in [2.05, 4.69) is 39.9 Å². The standard InChI is InChI=1S/C14H18N4S/c1-11-3-2-4-12(13(11)15)17-6-8-18(9-7-17)14-16-5-10-19-14/h2-5,10H,6-9,15H2,1H3. The van der Waals surface area contributed by atoms with Crippen LogP contribution in [0, 0.1) is 6.92 Å². The predicted octanol–water partition coefficient (Wildman–Crippen LogP) is 2.36. The molecule has 5 heteroatoms. The molecule has 0 unspecified atom stereocenters. The summed E-state index contributed by atoms with van der Waals surface area (Å²) in [7, 11) is 0. The second-order valence-corrected chi connectivity index (χ2v) is 5.67. The van der Waals surface area contributed by atoms with Crippen molar-refractivity contribution >= 4 is 27.8 Å². The summed E-state index contributed by atoms with van der Waals surface area (Å²) in [6.07, 6.45) is 1.87. The summed E-state index contributed by atoms with van der Waals surface area (Å²) in [6.45, 7) is 6.05. The van der Waals surface area contributed by atoms with Crippen molar-refractivity contribution in [1.29, 1.82) is 0 Å². The molecule has 0 atom stereocenters. The van der Waals surface area contributed by atoms with Gasteiger partial charge in [-0.2, -0.15) is 0 Å². The van der Waals surface area contributed by atoms with Gasteiger partial charge < -0.3 is 15.5 Å². The lowest BCUT2D eigenvalue weighted by Crippen LogP contribution is -2.46. The largest absolute Gasteiger partial charge is 0.397 e. The first kappa shape index (κ1) is 12.3. The third-order valence-electron chi connectivity index (χ3n) is 3.61. The fourth-order valence-corrected chi connectivity index (χ4v) is 3.15. The van der Waals surface area contributed by atoms with Gasteiger partial charge in [-0.1, -0.05) is 12.1 Å². The first-order valence-corrected chi connectivity index (χ1v) is 7.38. The number of anilines is 3. The quantitative estimate of drug-likeness (QED) is 0.854. The van der Waals surface area contributed by atoms with Crippen LogP contribution in [0.25, 0.3) is 0 Å². The first-order chi connectivity index (χ1) is 9.25. The van der Waals surface area contributed by atoms with Gasteiger partial charge in [0, 0.05) is 37.8 Å². The van der Waals surface area contributed by atoms with E-state index < -0.39 is 0 Å². The minimum Gasteiger partial charge on any atom is -0.397 e. The van der Waals surface area contributed by atoms with Crippen molar-refractivity contribution < 1.29 is 0 Å². The highest BCUT2D eigenvalue weighted by Gasteiger charge is 2.20. The smallest absolute Gasteiger partial charge is 0.185 e. The monoisotopic (exact) mass is 274 g/mol. The Hall–Kier alpha value is -1.75. The van der Waals surface area contributed by atoms with Crippen LogP contribution in [-0.2, 0) is 0 Å². The number of nitrogens with two attached hydrogens (primary N) is 1. The zero-order chi connectivity index (χ0) is 13.2. The second kappa shape index (κ2) is 5.09. The Morgan fingerprint density at radius 1 is 1.16 bits per heavy atom. The zero-order valence-electron chi connectivity index (χ0n) is 11.0. The Bertz CT molecular complexity index is 545. The number of para-hydroxylation sites is 1. The molecular formula is C14H18N4S. The van der Waals surface area contributed by atoms with Crippen LogP contribution in [0.1, 0.15) is 5.56 Å². The van der Waals surface area contributed by atoms with E-state index in [1.807, 2.05) is 11.6 Å². The predicted molar refractivity (Wildman–Crippen MR) is 82.1 cm³/mol. The normalized spacial score (nSPS) is 15.8. The van der Waals surface area contributed by atoms with Crippen LogP contribution in [0.4, 0.5) is 16.5 Å². The molecule has 19 heavy (non-hydrogen) atoms. The molecule has 1 saturated heterocycles. The summed E-state index contributed by atoms with van der Waals surface area (Å²) >= 11 is 1.70. The number of benzene rings is 1. The zero-order valence-corrected chi connectivity index (χ0v) is 11.9. The molecule has 1 aliphatic rings. The molecule has 0 saturated carbocycles. The molecule has 1 fully saturated rings. The molecule has 2 heterocycles. The number of aromatic nitrogens is 1. The summed E-state index contributed by atoms with van der Waals surface area (Å²) in [6, 6.07) is 6.25. The highest BCUT2D eigenvalue weighted by molar-refractivity contribution is 7.13. The Morgan fingerprint density at radius 3 is 2.58 bits per heavy atom. The molecular weight excluding hydrogens is 256 g/mol. The number of thiazole rings is 1. The topological polar surface area (TPSA) is 45.4 Å². The molecule has 4 nitrogen and oxygen atoms in total. The highest BCUT2D eigenvalue weighted by Crippen LogP contribution is 2.28. The Balaban J connectivity index is 1.72. The number of piperazine rings is 1. The van der Waals surface area contributed by atoms with Gasteiger partial charge in [0.05, 0.1) is 11.4 Å². The van der Waals surface area contributed by atoms with E-state index in [1.54, 1.807) is 11.3 Å². The van der Waals surface area contributed by atoms with Gasteiger partial charge in [0.25, 0.3) is 0 Å². The average Bonchev–Trinajstić information content (AvgIpc) is 2.96. The Morgan fingerprint density at radius 2 is 1.89 bits per heavy atom. The molecule has 0 bridgehead atoms. The van der Waals surface area contributed by atoms with Gasteiger partial charge in [0.1, 0.15) is 0 Å². The molecule has 1 aromatic heterocycles. The number of nitrogen functional groups attached to an aromatic ring is 1. The number of rotatable bonds is 2. The molecule has 0 aliphatic carbocycles. The van der Waals surface area contributed by atoms with E-state index in [9.17, 15) is 0 Å². The third-order valence-corrected chi connectivity index (χ3v) is 4.44. The summed E-state index contributed by atoms with van der Waals surface area (Å²) < 4.78 is 0. The lowest BCUT2D eigenvalue weighted by atomic mass is 10.1. The van der Waals surface area contributed by atoms with Crippen molar-refractivity contribution in [3.05, 3.63) is 35.3 Å². The van der Waals surface area contributed by atoms with Gasteiger partial charge in [0.15, 0.2) is 5.13 Å². The van der Waals surface area contributed by atoms with Gasteiger partial charge >= 0.3 is 0 Å². The van der Waals surface area contributed by atoms with Crippen LogP contribution in [0.2, 0.25) is 0 Å². The van der Waals surface area contributed by atoms with Crippen molar-refractivity contribution in [3.63, 3.8) is 0 Å². The van der Waals surface area contributed by atoms with E-state index in [0.29, 0.717) is 0 Å². The molecule has 3 rings (SSSR count). The van der Waals surface area contributed by atoms with E-state index in [-0.39, 0.29) is 0 Å².